The first-order valence-corrected chi connectivity index (χ1v) is 8.94. The number of ether oxygens (including phenoxy) is 1. The average Bonchev–Trinajstić information content (AvgIpc) is 3.12. The van der Waals surface area contributed by atoms with Crippen molar-refractivity contribution in [1.82, 2.24) is 15.3 Å². The lowest BCUT2D eigenvalue weighted by molar-refractivity contribution is 0.0952. The smallest absolute Gasteiger partial charge is 0.255 e. The van der Waals surface area contributed by atoms with E-state index in [1.54, 1.807) is 12.3 Å². The van der Waals surface area contributed by atoms with Crippen LogP contribution in [0.3, 0.4) is 0 Å². The maximum Gasteiger partial charge on any atom is 0.255 e. The predicted octanol–water partition coefficient (Wildman–Crippen LogP) is 2.37. The largest absolute Gasteiger partial charge is 0.378 e. The number of rotatable bonds is 5. The first-order chi connectivity index (χ1) is 12.8. The highest BCUT2D eigenvalue weighted by molar-refractivity contribution is 5.99. The zero-order valence-electron chi connectivity index (χ0n) is 14.6. The third-order valence-electron chi connectivity index (χ3n) is 4.70. The van der Waals surface area contributed by atoms with Gasteiger partial charge < -0.3 is 19.9 Å². The van der Waals surface area contributed by atoms with Crippen LogP contribution in [0.4, 0.5) is 5.82 Å². The van der Waals surface area contributed by atoms with Crippen molar-refractivity contribution in [1.29, 1.82) is 0 Å². The number of morpholine rings is 1. The standard InChI is InChI=1S/C20H22N4O2/c25-20(17-5-3-8-21-19(17)24-10-12-26-13-11-24)22-9-7-15-14-23-18-6-2-1-4-16(15)18/h1-6,8,14,23H,7,9-13H2,(H,22,25). The molecule has 134 valence electrons. The minimum Gasteiger partial charge on any atom is -0.378 e. The van der Waals surface area contributed by atoms with E-state index in [2.05, 4.69) is 32.3 Å². The molecule has 2 aromatic heterocycles. The van der Waals surface area contributed by atoms with Crippen molar-refractivity contribution in [3.8, 4) is 0 Å². The number of H-pyrrole nitrogens is 1. The molecule has 0 aliphatic carbocycles. The highest BCUT2D eigenvalue weighted by Crippen LogP contribution is 2.19. The highest BCUT2D eigenvalue weighted by atomic mass is 16.5. The first-order valence-electron chi connectivity index (χ1n) is 8.94. The second-order valence-electron chi connectivity index (χ2n) is 6.34. The number of hydrogen-bond donors (Lipinski definition) is 2. The fourth-order valence-electron chi connectivity index (χ4n) is 3.35. The molecular formula is C20H22N4O2. The van der Waals surface area contributed by atoms with E-state index in [0.29, 0.717) is 25.3 Å². The molecule has 6 heteroatoms. The fourth-order valence-corrected chi connectivity index (χ4v) is 3.35. The molecule has 26 heavy (non-hydrogen) atoms. The van der Waals surface area contributed by atoms with E-state index in [-0.39, 0.29) is 5.91 Å². The van der Waals surface area contributed by atoms with Gasteiger partial charge in [-0.05, 0) is 30.2 Å². The molecule has 1 amide bonds. The van der Waals surface area contributed by atoms with Gasteiger partial charge in [-0.3, -0.25) is 4.79 Å². The molecular weight excluding hydrogens is 328 g/mol. The number of fused-ring (bicyclic) bond motifs is 1. The van der Waals surface area contributed by atoms with Crippen LogP contribution in [0.1, 0.15) is 15.9 Å². The minimum atomic E-state index is -0.0839. The number of para-hydroxylation sites is 1. The molecule has 1 aliphatic heterocycles. The monoisotopic (exact) mass is 350 g/mol. The molecule has 0 atom stereocenters. The Bertz CT molecular complexity index is 899. The molecule has 0 spiro atoms. The van der Waals surface area contributed by atoms with Gasteiger partial charge in [-0.25, -0.2) is 4.98 Å². The van der Waals surface area contributed by atoms with Gasteiger partial charge in [-0.15, -0.1) is 0 Å². The molecule has 0 saturated carbocycles. The molecule has 1 aromatic carbocycles. The highest BCUT2D eigenvalue weighted by Gasteiger charge is 2.19. The lowest BCUT2D eigenvalue weighted by Gasteiger charge is -2.29. The van der Waals surface area contributed by atoms with Crippen molar-refractivity contribution in [2.45, 2.75) is 6.42 Å². The van der Waals surface area contributed by atoms with E-state index in [1.165, 1.54) is 10.9 Å². The van der Waals surface area contributed by atoms with E-state index in [4.69, 9.17) is 4.74 Å². The van der Waals surface area contributed by atoms with E-state index in [1.807, 2.05) is 24.4 Å². The van der Waals surface area contributed by atoms with Gasteiger partial charge in [0.2, 0.25) is 0 Å². The van der Waals surface area contributed by atoms with Crippen LogP contribution in [-0.2, 0) is 11.2 Å². The fraction of sp³-hybridized carbons (Fsp3) is 0.300. The SMILES string of the molecule is O=C(NCCc1c[nH]c2ccccc12)c1cccnc1N1CCOCC1. The third-order valence-corrected chi connectivity index (χ3v) is 4.70. The van der Waals surface area contributed by atoms with E-state index in [9.17, 15) is 4.79 Å². The predicted molar refractivity (Wildman–Crippen MR) is 102 cm³/mol. The number of anilines is 1. The van der Waals surface area contributed by atoms with Crippen LogP contribution < -0.4 is 10.2 Å². The third kappa shape index (κ3) is 3.41. The van der Waals surface area contributed by atoms with Crippen LogP contribution in [0.2, 0.25) is 0 Å². The van der Waals surface area contributed by atoms with Crippen molar-refractivity contribution < 1.29 is 9.53 Å². The summed E-state index contributed by atoms with van der Waals surface area (Å²) >= 11 is 0. The number of hydrogen-bond acceptors (Lipinski definition) is 4. The lowest BCUT2D eigenvalue weighted by Crippen LogP contribution is -2.38. The van der Waals surface area contributed by atoms with Gasteiger partial charge in [-0.1, -0.05) is 18.2 Å². The maximum absolute atomic E-state index is 12.7. The number of nitrogens with one attached hydrogen (secondary N) is 2. The molecule has 1 fully saturated rings. The van der Waals surface area contributed by atoms with E-state index < -0.39 is 0 Å². The van der Waals surface area contributed by atoms with Crippen molar-refractivity contribution in [2.75, 3.05) is 37.7 Å². The summed E-state index contributed by atoms with van der Waals surface area (Å²) in [6, 6.07) is 11.8. The van der Waals surface area contributed by atoms with Crippen LogP contribution in [0.5, 0.6) is 0 Å². The van der Waals surface area contributed by atoms with Gasteiger partial charge in [0.15, 0.2) is 0 Å². The number of benzene rings is 1. The number of carbonyl (C=O) groups is 1. The second kappa shape index (κ2) is 7.58. The number of aromatic nitrogens is 2. The summed E-state index contributed by atoms with van der Waals surface area (Å²) in [5.74, 6) is 0.653. The number of carbonyl (C=O) groups excluding carboxylic acids is 1. The summed E-state index contributed by atoms with van der Waals surface area (Å²) < 4.78 is 5.39. The molecule has 0 bridgehead atoms. The number of amides is 1. The van der Waals surface area contributed by atoms with Crippen molar-refractivity contribution in [3.63, 3.8) is 0 Å². The Labute approximate surface area is 152 Å². The Hall–Kier alpha value is -2.86. The second-order valence-corrected chi connectivity index (χ2v) is 6.34. The molecule has 2 N–H and O–H groups in total. The van der Waals surface area contributed by atoms with Crippen molar-refractivity contribution >= 4 is 22.6 Å². The Kier molecular flexibility index (Phi) is 4.84. The number of aromatic amines is 1. The first kappa shape index (κ1) is 16.6. The van der Waals surface area contributed by atoms with Gasteiger partial charge in [0.05, 0.1) is 18.8 Å². The van der Waals surface area contributed by atoms with Crippen LogP contribution in [0, 0.1) is 0 Å². The summed E-state index contributed by atoms with van der Waals surface area (Å²) in [6.45, 7) is 3.42. The molecule has 0 unspecified atom stereocenters. The Morgan fingerprint density at radius 3 is 2.92 bits per heavy atom. The Morgan fingerprint density at radius 1 is 1.19 bits per heavy atom. The molecule has 3 aromatic rings. The molecule has 6 nitrogen and oxygen atoms in total. The number of pyridine rings is 1. The molecule has 4 rings (SSSR count). The van der Waals surface area contributed by atoms with Gasteiger partial charge in [0, 0.05) is 42.9 Å². The summed E-state index contributed by atoms with van der Waals surface area (Å²) in [5, 5.41) is 4.24. The normalized spacial score (nSPS) is 14.5. The molecule has 3 heterocycles. The Morgan fingerprint density at radius 2 is 2.04 bits per heavy atom. The van der Waals surface area contributed by atoms with Gasteiger partial charge >= 0.3 is 0 Å². The van der Waals surface area contributed by atoms with E-state index >= 15 is 0 Å². The summed E-state index contributed by atoms with van der Waals surface area (Å²) in [7, 11) is 0. The molecule has 0 radical (unpaired) electrons. The van der Waals surface area contributed by atoms with Crippen LogP contribution >= 0.6 is 0 Å². The van der Waals surface area contributed by atoms with Gasteiger partial charge in [0.1, 0.15) is 5.82 Å². The summed E-state index contributed by atoms with van der Waals surface area (Å²) in [6.07, 6.45) is 4.52. The number of nitrogens with zero attached hydrogens (tertiary/aromatic N) is 2. The minimum absolute atomic E-state index is 0.0839. The van der Waals surface area contributed by atoms with Crippen molar-refractivity contribution in [2.24, 2.45) is 0 Å². The Balaban J connectivity index is 1.42. The van der Waals surface area contributed by atoms with Crippen LogP contribution in [0.15, 0.2) is 48.8 Å². The van der Waals surface area contributed by atoms with E-state index in [0.717, 1.165) is 30.8 Å². The zero-order valence-corrected chi connectivity index (χ0v) is 14.6. The summed E-state index contributed by atoms with van der Waals surface area (Å²) in [5.41, 5.74) is 2.95. The zero-order chi connectivity index (χ0) is 17.8. The van der Waals surface area contributed by atoms with Crippen LogP contribution in [0.25, 0.3) is 10.9 Å². The van der Waals surface area contributed by atoms with Crippen LogP contribution in [-0.4, -0.2) is 48.7 Å². The quantitative estimate of drug-likeness (QED) is 0.741. The maximum atomic E-state index is 12.7. The average molecular weight is 350 g/mol. The molecule has 1 saturated heterocycles. The van der Waals surface area contributed by atoms with Crippen molar-refractivity contribution in [3.05, 3.63) is 59.9 Å². The van der Waals surface area contributed by atoms with Gasteiger partial charge in [0.25, 0.3) is 5.91 Å². The summed E-state index contributed by atoms with van der Waals surface area (Å²) in [4.78, 5) is 22.5. The molecule has 1 aliphatic rings. The lowest BCUT2D eigenvalue weighted by atomic mass is 10.1. The van der Waals surface area contributed by atoms with Gasteiger partial charge in [-0.2, -0.15) is 0 Å². The topological polar surface area (TPSA) is 70.2 Å².